The molecular weight excluding hydrogens is 421 g/mol. The van der Waals surface area contributed by atoms with E-state index in [0.717, 1.165) is 28.3 Å². The van der Waals surface area contributed by atoms with Gasteiger partial charge in [0.25, 0.3) is 0 Å². The molecule has 1 fully saturated rings. The zero-order valence-electron chi connectivity index (χ0n) is 19.7. The molecule has 0 aromatic heterocycles. The number of aryl methyl sites for hydroxylation is 1. The van der Waals surface area contributed by atoms with Crippen molar-refractivity contribution < 1.29 is 19.0 Å². The molecule has 1 heterocycles. The third-order valence-electron chi connectivity index (χ3n) is 5.96. The van der Waals surface area contributed by atoms with Gasteiger partial charge in [0.15, 0.2) is 0 Å². The molecule has 2 N–H and O–H groups in total. The first kappa shape index (κ1) is 24.4. The Kier molecular flexibility index (Phi) is 8.20. The summed E-state index contributed by atoms with van der Waals surface area (Å²) in [5.41, 5.74) is 3.01. The number of ether oxygens (including phenoxy) is 1. The number of carboxylic acid groups (broad SMARTS) is 1. The van der Waals surface area contributed by atoms with Gasteiger partial charge in [-0.25, -0.2) is 9.18 Å². The number of likely N-dealkylation sites (tertiary alicyclic amines) is 1. The Labute approximate surface area is 195 Å². The zero-order valence-corrected chi connectivity index (χ0v) is 19.7. The average Bonchev–Trinajstić information content (AvgIpc) is 2.77. The molecule has 3 rings (SSSR count). The van der Waals surface area contributed by atoms with Gasteiger partial charge in [-0.15, -0.1) is 0 Å². The first-order chi connectivity index (χ1) is 15.7. The summed E-state index contributed by atoms with van der Waals surface area (Å²) >= 11 is 0. The van der Waals surface area contributed by atoms with Crippen LogP contribution in [0.25, 0.3) is 0 Å². The summed E-state index contributed by atoms with van der Waals surface area (Å²) in [6, 6.07) is 12.9. The molecule has 0 spiro atoms. The third-order valence-corrected chi connectivity index (χ3v) is 5.96. The maximum absolute atomic E-state index is 13.6. The summed E-state index contributed by atoms with van der Waals surface area (Å²) in [5, 5.41) is 12.7. The number of hydrogen-bond donors (Lipinski definition) is 2. The van der Waals surface area contributed by atoms with Gasteiger partial charge in [-0.3, -0.25) is 0 Å². The van der Waals surface area contributed by atoms with Gasteiger partial charge in [0.2, 0.25) is 0 Å². The molecule has 6 nitrogen and oxygen atoms in total. The number of carbonyl (C=O) groups is 1. The molecule has 0 radical (unpaired) electrons. The summed E-state index contributed by atoms with van der Waals surface area (Å²) in [4.78, 5) is 15.0. The van der Waals surface area contributed by atoms with E-state index >= 15 is 0 Å². The Balaban J connectivity index is 1.69. The molecule has 0 atom stereocenters. The number of benzene rings is 2. The minimum Gasteiger partial charge on any atom is -0.491 e. The SMILES string of the molecule is C=C(NCc1ccc(OC(C)C)cc1)N(Cc1ccc(F)cc1C)C1CCN(C(=O)O)CC1. The van der Waals surface area contributed by atoms with Crippen LogP contribution in [-0.4, -0.2) is 46.2 Å². The summed E-state index contributed by atoms with van der Waals surface area (Å²) in [6.07, 6.45) is 0.684. The van der Waals surface area contributed by atoms with Crippen LogP contribution in [0.3, 0.4) is 0 Å². The predicted octanol–water partition coefficient (Wildman–Crippen LogP) is 5.13. The van der Waals surface area contributed by atoms with Crippen LogP contribution in [0.5, 0.6) is 5.75 Å². The van der Waals surface area contributed by atoms with E-state index in [2.05, 4.69) is 16.8 Å². The van der Waals surface area contributed by atoms with Crippen molar-refractivity contribution in [3.8, 4) is 5.75 Å². The van der Waals surface area contributed by atoms with Crippen LogP contribution in [0.2, 0.25) is 0 Å². The van der Waals surface area contributed by atoms with Crippen molar-refractivity contribution in [1.29, 1.82) is 0 Å². The van der Waals surface area contributed by atoms with Gasteiger partial charge < -0.3 is 25.0 Å². The Morgan fingerprint density at radius 2 is 1.91 bits per heavy atom. The van der Waals surface area contributed by atoms with E-state index in [-0.39, 0.29) is 18.0 Å². The maximum atomic E-state index is 13.6. The normalized spacial score (nSPS) is 14.3. The highest BCUT2D eigenvalue weighted by Crippen LogP contribution is 2.24. The van der Waals surface area contributed by atoms with Crippen molar-refractivity contribution in [1.82, 2.24) is 15.1 Å². The highest BCUT2D eigenvalue weighted by atomic mass is 19.1. The van der Waals surface area contributed by atoms with E-state index in [1.165, 1.54) is 17.0 Å². The van der Waals surface area contributed by atoms with Crippen LogP contribution in [0.4, 0.5) is 9.18 Å². The highest BCUT2D eigenvalue weighted by Gasteiger charge is 2.28. The van der Waals surface area contributed by atoms with Crippen molar-refractivity contribution in [2.24, 2.45) is 0 Å². The van der Waals surface area contributed by atoms with Gasteiger partial charge in [0.1, 0.15) is 11.6 Å². The van der Waals surface area contributed by atoms with Crippen LogP contribution in [0.15, 0.2) is 54.9 Å². The van der Waals surface area contributed by atoms with E-state index in [0.29, 0.717) is 39.0 Å². The van der Waals surface area contributed by atoms with Gasteiger partial charge in [0, 0.05) is 32.2 Å². The van der Waals surface area contributed by atoms with Gasteiger partial charge >= 0.3 is 6.09 Å². The van der Waals surface area contributed by atoms with Crippen LogP contribution >= 0.6 is 0 Å². The number of halogens is 1. The molecule has 2 aromatic rings. The molecule has 178 valence electrons. The fourth-order valence-electron chi connectivity index (χ4n) is 4.10. The molecule has 33 heavy (non-hydrogen) atoms. The van der Waals surface area contributed by atoms with E-state index in [4.69, 9.17) is 4.74 Å². The smallest absolute Gasteiger partial charge is 0.407 e. The zero-order chi connectivity index (χ0) is 24.0. The summed E-state index contributed by atoms with van der Waals surface area (Å²) in [5.74, 6) is 1.36. The van der Waals surface area contributed by atoms with Gasteiger partial charge in [0.05, 0.1) is 11.9 Å². The second-order valence-electron chi connectivity index (χ2n) is 8.81. The lowest BCUT2D eigenvalue weighted by Gasteiger charge is -2.40. The number of hydrogen-bond acceptors (Lipinski definition) is 4. The van der Waals surface area contributed by atoms with Crippen molar-refractivity contribution >= 4 is 6.09 Å². The fourth-order valence-corrected chi connectivity index (χ4v) is 4.10. The molecule has 1 aliphatic heterocycles. The Bertz CT molecular complexity index is 954. The largest absolute Gasteiger partial charge is 0.491 e. The highest BCUT2D eigenvalue weighted by molar-refractivity contribution is 5.65. The topological polar surface area (TPSA) is 65.0 Å². The number of amides is 1. The number of piperidine rings is 1. The van der Waals surface area contributed by atoms with Crippen LogP contribution < -0.4 is 10.1 Å². The van der Waals surface area contributed by atoms with Crippen LogP contribution in [0.1, 0.15) is 43.4 Å². The standard InChI is InChI=1S/C26H34FN3O3/c1-18(2)33-25-9-5-21(6-10-25)16-28-20(4)30(17-22-7-8-23(27)15-19(22)3)24-11-13-29(14-12-24)26(31)32/h5-10,15,18,24,28H,4,11-14,16-17H2,1-3H3,(H,31,32). The second-order valence-corrected chi connectivity index (χ2v) is 8.81. The first-order valence-electron chi connectivity index (χ1n) is 11.4. The van der Waals surface area contributed by atoms with E-state index in [1.807, 2.05) is 51.1 Å². The summed E-state index contributed by atoms with van der Waals surface area (Å²) in [6.45, 7) is 12.3. The van der Waals surface area contributed by atoms with Crippen LogP contribution in [0, 0.1) is 12.7 Å². The quantitative estimate of drug-likeness (QED) is 0.549. The number of rotatable bonds is 9. The lowest BCUT2D eigenvalue weighted by molar-refractivity contribution is 0.103. The minimum absolute atomic E-state index is 0.129. The summed E-state index contributed by atoms with van der Waals surface area (Å²) in [7, 11) is 0. The van der Waals surface area contributed by atoms with Crippen molar-refractivity contribution in [2.45, 2.75) is 58.8 Å². The molecule has 0 aliphatic carbocycles. The molecular formula is C26H34FN3O3. The number of nitrogens with one attached hydrogen (secondary N) is 1. The number of nitrogens with zero attached hydrogens (tertiary/aromatic N) is 2. The van der Waals surface area contributed by atoms with E-state index < -0.39 is 6.09 Å². The van der Waals surface area contributed by atoms with E-state index in [9.17, 15) is 14.3 Å². The monoisotopic (exact) mass is 455 g/mol. The maximum Gasteiger partial charge on any atom is 0.407 e. The van der Waals surface area contributed by atoms with E-state index in [1.54, 1.807) is 0 Å². The first-order valence-corrected chi connectivity index (χ1v) is 11.4. The third kappa shape index (κ3) is 6.88. The minimum atomic E-state index is -0.878. The molecule has 0 saturated carbocycles. The van der Waals surface area contributed by atoms with Gasteiger partial charge in [-0.05, 0) is 74.6 Å². The van der Waals surface area contributed by atoms with Gasteiger partial charge in [-0.2, -0.15) is 0 Å². The molecule has 1 saturated heterocycles. The van der Waals surface area contributed by atoms with Crippen molar-refractivity contribution in [3.63, 3.8) is 0 Å². The molecule has 2 aromatic carbocycles. The van der Waals surface area contributed by atoms with Crippen LogP contribution in [-0.2, 0) is 13.1 Å². The Morgan fingerprint density at radius 3 is 2.48 bits per heavy atom. The predicted molar refractivity (Wildman–Crippen MR) is 127 cm³/mol. The lowest BCUT2D eigenvalue weighted by Crippen LogP contribution is -2.47. The molecule has 1 aliphatic rings. The molecule has 0 bridgehead atoms. The van der Waals surface area contributed by atoms with Crippen molar-refractivity contribution in [2.75, 3.05) is 13.1 Å². The fraction of sp³-hybridized carbons (Fsp3) is 0.423. The Morgan fingerprint density at radius 1 is 1.24 bits per heavy atom. The lowest BCUT2D eigenvalue weighted by atomic mass is 10.0. The molecule has 0 unspecified atom stereocenters. The van der Waals surface area contributed by atoms with Crippen molar-refractivity contribution in [3.05, 3.63) is 77.4 Å². The Hall–Kier alpha value is -3.22. The summed E-state index contributed by atoms with van der Waals surface area (Å²) < 4.78 is 19.3. The molecule has 1 amide bonds. The molecule has 7 heteroatoms. The second kappa shape index (κ2) is 11.1. The van der Waals surface area contributed by atoms with Gasteiger partial charge in [-0.1, -0.05) is 24.8 Å². The average molecular weight is 456 g/mol.